The Morgan fingerprint density at radius 3 is 2.46 bits per heavy atom. The number of ether oxygens (including phenoxy) is 1. The molecular formula is C20H20N2O4. The van der Waals surface area contributed by atoms with E-state index in [9.17, 15) is 9.59 Å². The molecule has 0 saturated heterocycles. The molecule has 0 atom stereocenters. The van der Waals surface area contributed by atoms with Gasteiger partial charge in [-0.15, -0.1) is 0 Å². The number of hydrogen-bond acceptors (Lipinski definition) is 4. The van der Waals surface area contributed by atoms with Crippen molar-refractivity contribution in [3.8, 4) is 5.75 Å². The van der Waals surface area contributed by atoms with Crippen LogP contribution in [0.4, 0.5) is 0 Å². The summed E-state index contributed by atoms with van der Waals surface area (Å²) in [5, 5.41) is 11.7. The lowest BCUT2D eigenvalue weighted by Crippen LogP contribution is -2.26. The Kier molecular flexibility index (Phi) is 5.34. The van der Waals surface area contributed by atoms with Crippen LogP contribution in [0.15, 0.2) is 48.5 Å². The molecule has 3 N–H and O–H groups in total. The van der Waals surface area contributed by atoms with Crippen molar-refractivity contribution in [2.24, 2.45) is 0 Å². The van der Waals surface area contributed by atoms with Gasteiger partial charge in [0, 0.05) is 17.2 Å². The minimum Gasteiger partial charge on any atom is -0.497 e. The maximum atomic E-state index is 12.7. The fourth-order valence-electron chi connectivity index (χ4n) is 2.52. The van der Waals surface area contributed by atoms with E-state index >= 15 is 0 Å². The van der Waals surface area contributed by atoms with E-state index in [0.717, 1.165) is 24.0 Å². The molecular weight excluding hydrogens is 332 g/mol. The number of hydroxylamine groups is 1. The minimum atomic E-state index is -0.583. The third-order valence-electron chi connectivity index (χ3n) is 4.12. The van der Waals surface area contributed by atoms with Gasteiger partial charge < -0.3 is 10.1 Å². The van der Waals surface area contributed by atoms with E-state index in [1.165, 1.54) is 0 Å². The van der Waals surface area contributed by atoms with Crippen molar-refractivity contribution in [3.05, 3.63) is 65.2 Å². The van der Waals surface area contributed by atoms with Crippen LogP contribution in [0.25, 0.3) is 11.6 Å². The summed E-state index contributed by atoms with van der Waals surface area (Å²) < 4.78 is 5.26. The molecule has 0 spiro atoms. The van der Waals surface area contributed by atoms with Gasteiger partial charge in [0.2, 0.25) is 0 Å². The lowest BCUT2D eigenvalue weighted by Gasteiger charge is -2.10. The summed E-state index contributed by atoms with van der Waals surface area (Å²) in [6.07, 6.45) is 3.78. The Morgan fingerprint density at radius 1 is 1.12 bits per heavy atom. The zero-order valence-electron chi connectivity index (χ0n) is 14.4. The number of carbonyl (C=O) groups excluding carboxylic acids is 2. The van der Waals surface area contributed by atoms with Gasteiger partial charge in [-0.1, -0.05) is 24.3 Å². The summed E-state index contributed by atoms with van der Waals surface area (Å²) in [7, 11) is 1.58. The monoisotopic (exact) mass is 352 g/mol. The molecule has 0 radical (unpaired) electrons. The summed E-state index contributed by atoms with van der Waals surface area (Å²) in [4.78, 5) is 24.1. The molecule has 2 aromatic rings. The van der Waals surface area contributed by atoms with Gasteiger partial charge in [0.05, 0.1) is 7.11 Å². The maximum Gasteiger partial charge on any atom is 0.274 e. The normalized spacial score (nSPS) is 13.8. The predicted octanol–water partition coefficient (Wildman–Crippen LogP) is 2.63. The molecule has 0 aliphatic heterocycles. The first-order chi connectivity index (χ1) is 12.6. The number of rotatable bonds is 6. The van der Waals surface area contributed by atoms with E-state index in [0.29, 0.717) is 16.9 Å². The first kappa shape index (κ1) is 17.7. The van der Waals surface area contributed by atoms with E-state index in [4.69, 9.17) is 9.94 Å². The van der Waals surface area contributed by atoms with Crippen molar-refractivity contribution >= 4 is 23.5 Å². The van der Waals surface area contributed by atoms with E-state index in [1.807, 2.05) is 24.3 Å². The highest BCUT2D eigenvalue weighted by Crippen LogP contribution is 2.25. The van der Waals surface area contributed by atoms with Crippen molar-refractivity contribution in [3.63, 3.8) is 0 Å². The van der Waals surface area contributed by atoms with Crippen LogP contribution in [0.3, 0.4) is 0 Å². The standard InChI is InChI=1S/C20H20N2O4/c1-26-17-4-2-3-15(12-17)18(20(24)21-16-9-10-16)11-13-5-7-14(8-6-13)19(23)22-25/h2-8,11-12,16,25H,9-10H2,1H3,(H,21,24)(H,22,23)/b18-11-. The summed E-state index contributed by atoms with van der Waals surface area (Å²) in [6.45, 7) is 0. The number of methoxy groups -OCH3 is 1. The van der Waals surface area contributed by atoms with Crippen molar-refractivity contribution in [2.45, 2.75) is 18.9 Å². The second kappa shape index (κ2) is 7.84. The van der Waals surface area contributed by atoms with Crippen LogP contribution in [0, 0.1) is 0 Å². The molecule has 3 rings (SSSR count). The lowest BCUT2D eigenvalue weighted by atomic mass is 10.0. The quantitative estimate of drug-likeness (QED) is 0.323. The lowest BCUT2D eigenvalue weighted by molar-refractivity contribution is -0.115. The smallest absolute Gasteiger partial charge is 0.274 e. The second-order valence-electron chi connectivity index (χ2n) is 6.10. The van der Waals surface area contributed by atoms with Crippen LogP contribution in [0.5, 0.6) is 5.75 Å². The average molecular weight is 352 g/mol. The minimum absolute atomic E-state index is 0.141. The average Bonchev–Trinajstić information content (AvgIpc) is 3.49. The van der Waals surface area contributed by atoms with Crippen molar-refractivity contribution in [1.82, 2.24) is 10.8 Å². The molecule has 0 heterocycles. The Hall–Kier alpha value is -3.12. The Labute approximate surface area is 151 Å². The van der Waals surface area contributed by atoms with Crippen LogP contribution in [0.2, 0.25) is 0 Å². The number of amides is 2. The summed E-state index contributed by atoms with van der Waals surface area (Å²) in [5.41, 5.74) is 3.96. The molecule has 6 nitrogen and oxygen atoms in total. The summed E-state index contributed by atoms with van der Waals surface area (Å²) in [6, 6.07) is 14.2. The summed E-state index contributed by atoms with van der Waals surface area (Å²) in [5.74, 6) is -0.0551. The molecule has 1 fully saturated rings. The fraction of sp³-hybridized carbons (Fsp3) is 0.200. The fourth-order valence-corrected chi connectivity index (χ4v) is 2.52. The topological polar surface area (TPSA) is 87.7 Å². The Balaban J connectivity index is 1.94. The molecule has 6 heteroatoms. The number of benzene rings is 2. The van der Waals surface area contributed by atoms with Gasteiger partial charge in [-0.25, -0.2) is 5.48 Å². The molecule has 0 unspecified atom stereocenters. The third kappa shape index (κ3) is 4.29. The van der Waals surface area contributed by atoms with Crippen molar-refractivity contribution in [2.75, 3.05) is 7.11 Å². The van der Waals surface area contributed by atoms with Crippen LogP contribution in [-0.2, 0) is 4.79 Å². The van der Waals surface area contributed by atoms with Crippen LogP contribution >= 0.6 is 0 Å². The van der Waals surface area contributed by atoms with Crippen molar-refractivity contribution in [1.29, 1.82) is 0 Å². The largest absolute Gasteiger partial charge is 0.497 e. The first-order valence-corrected chi connectivity index (χ1v) is 8.32. The predicted molar refractivity (Wildman–Crippen MR) is 97.7 cm³/mol. The third-order valence-corrected chi connectivity index (χ3v) is 4.12. The zero-order valence-corrected chi connectivity index (χ0v) is 14.4. The summed E-state index contributed by atoms with van der Waals surface area (Å²) >= 11 is 0. The molecule has 1 aliphatic carbocycles. The van der Waals surface area contributed by atoms with E-state index in [2.05, 4.69) is 5.32 Å². The van der Waals surface area contributed by atoms with E-state index < -0.39 is 5.91 Å². The molecule has 0 bridgehead atoms. The van der Waals surface area contributed by atoms with Crippen LogP contribution in [-0.4, -0.2) is 30.2 Å². The highest BCUT2D eigenvalue weighted by molar-refractivity contribution is 6.24. The van der Waals surface area contributed by atoms with Gasteiger partial charge in [0.15, 0.2) is 0 Å². The van der Waals surface area contributed by atoms with Gasteiger partial charge in [0.25, 0.3) is 11.8 Å². The van der Waals surface area contributed by atoms with Gasteiger partial charge in [0.1, 0.15) is 5.75 Å². The molecule has 26 heavy (non-hydrogen) atoms. The highest BCUT2D eigenvalue weighted by atomic mass is 16.5. The van der Waals surface area contributed by atoms with Gasteiger partial charge in [-0.2, -0.15) is 0 Å². The molecule has 1 saturated carbocycles. The van der Waals surface area contributed by atoms with E-state index in [-0.39, 0.29) is 11.9 Å². The molecule has 2 aromatic carbocycles. The zero-order chi connectivity index (χ0) is 18.5. The Bertz CT molecular complexity index is 839. The van der Waals surface area contributed by atoms with Gasteiger partial charge in [-0.3, -0.25) is 14.8 Å². The second-order valence-corrected chi connectivity index (χ2v) is 6.10. The number of carbonyl (C=O) groups is 2. The highest BCUT2D eigenvalue weighted by Gasteiger charge is 2.25. The first-order valence-electron chi connectivity index (χ1n) is 8.32. The number of nitrogens with one attached hydrogen (secondary N) is 2. The van der Waals surface area contributed by atoms with Crippen LogP contribution in [0.1, 0.15) is 34.3 Å². The van der Waals surface area contributed by atoms with E-state index in [1.54, 1.807) is 42.9 Å². The maximum absolute atomic E-state index is 12.7. The number of hydrogen-bond donors (Lipinski definition) is 3. The SMILES string of the molecule is COc1cccc(/C(=C/c2ccc(C(=O)NO)cc2)C(=O)NC2CC2)c1. The van der Waals surface area contributed by atoms with Gasteiger partial charge >= 0.3 is 0 Å². The van der Waals surface area contributed by atoms with Crippen LogP contribution < -0.4 is 15.5 Å². The molecule has 0 aromatic heterocycles. The van der Waals surface area contributed by atoms with Crippen molar-refractivity contribution < 1.29 is 19.5 Å². The molecule has 2 amide bonds. The molecule has 1 aliphatic rings. The Morgan fingerprint density at radius 2 is 1.85 bits per heavy atom. The van der Waals surface area contributed by atoms with Gasteiger partial charge in [-0.05, 0) is 54.3 Å². The molecule has 134 valence electrons.